The Balaban J connectivity index is 1.78. The number of ether oxygens (including phenoxy) is 1. The van der Waals surface area contributed by atoms with E-state index in [1.54, 1.807) is 0 Å². The van der Waals surface area contributed by atoms with Gasteiger partial charge in [0, 0.05) is 17.7 Å². The van der Waals surface area contributed by atoms with Crippen LogP contribution in [0, 0.1) is 12.8 Å². The average molecular weight is 404 g/mol. The van der Waals surface area contributed by atoms with Crippen LogP contribution < -0.4 is 4.74 Å². The van der Waals surface area contributed by atoms with Crippen LogP contribution in [0.2, 0.25) is 0 Å². The predicted octanol–water partition coefficient (Wildman–Crippen LogP) is 5.38. The fraction of sp³-hybridized carbons (Fsp3) is 0.360. The molecule has 1 aliphatic rings. The van der Waals surface area contributed by atoms with Gasteiger partial charge in [0.05, 0.1) is 18.3 Å². The van der Waals surface area contributed by atoms with Crippen molar-refractivity contribution in [2.45, 2.75) is 40.2 Å². The maximum Gasteiger partial charge on any atom is 0.273 e. The number of aryl methyl sites for hydroxylation is 1. The van der Waals surface area contributed by atoms with Crippen molar-refractivity contribution in [1.29, 1.82) is 0 Å². The third-order valence-corrected chi connectivity index (χ3v) is 5.42. The minimum absolute atomic E-state index is 0.0147. The molecule has 1 unspecified atom stereocenters. The molecule has 1 amide bonds. The standard InChI is InChI=1S/C25H29N3O2/c1-5-14-30-20-12-10-19(11-13-20)24-21-22(18-8-6-17(4)7-9-18)26-27-23(21)25(29)28(24)15-16(2)3/h6-13,16,24H,5,14-15H2,1-4H3,(H,26,27). The van der Waals surface area contributed by atoms with Crippen molar-refractivity contribution in [3.05, 3.63) is 70.9 Å². The quantitative estimate of drug-likeness (QED) is 0.576. The highest BCUT2D eigenvalue weighted by Gasteiger charge is 2.42. The van der Waals surface area contributed by atoms with Gasteiger partial charge in [-0.3, -0.25) is 9.89 Å². The fourth-order valence-corrected chi connectivity index (χ4v) is 4.02. The van der Waals surface area contributed by atoms with Crippen LogP contribution in [-0.4, -0.2) is 34.2 Å². The van der Waals surface area contributed by atoms with E-state index in [0.717, 1.165) is 34.6 Å². The molecule has 0 bridgehead atoms. The van der Waals surface area contributed by atoms with Crippen LogP contribution in [0.4, 0.5) is 0 Å². The largest absolute Gasteiger partial charge is 0.494 e. The van der Waals surface area contributed by atoms with Gasteiger partial charge < -0.3 is 9.64 Å². The Morgan fingerprint density at radius 3 is 2.43 bits per heavy atom. The van der Waals surface area contributed by atoms with E-state index in [0.29, 0.717) is 24.8 Å². The molecule has 0 fully saturated rings. The predicted molar refractivity (Wildman–Crippen MR) is 119 cm³/mol. The molecule has 0 saturated heterocycles. The lowest BCUT2D eigenvalue weighted by Crippen LogP contribution is -2.32. The van der Waals surface area contributed by atoms with Gasteiger partial charge in [-0.1, -0.05) is 62.7 Å². The van der Waals surface area contributed by atoms with E-state index in [2.05, 4.69) is 74.3 Å². The third-order valence-electron chi connectivity index (χ3n) is 5.42. The van der Waals surface area contributed by atoms with E-state index in [-0.39, 0.29) is 11.9 Å². The van der Waals surface area contributed by atoms with Crippen LogP contribution in [0.1, 0.15) is 60.4 Å². The smallest absolute Gasteiger partial charge is 0.273 e. The number of hydrogen-bond donors (Lipinski definition) is 1. The summed E-state index contributed by atoms with van der Waals surface area (Å²) in [5.41, 5.74) is 5.70. The summed E-state index contributed by atoms with van der Waals surface area (Å²) in [6, 6.07) is 16.3. The van der Waals surface area contributed by atoms with Crippen LogP contribution in [-0.2, 0) is 0 Å². The summed E-state index contributed by atoms with van der Waals surface area (Å²) in [5, 5.41) is 7.56. The number of rotatable bonds is 7. The molecule has 0 spiro atoms. The molecule has 1 aromatic heterocycles. The summed E-state index contributed by atoms with van der Waals surface area (Å²) in [6.07, 6.45) is 0.972. The number of hydrogen-bond acceptors (Lipinski definition) is 3. The number of aromatic nitrogens is 2. The summed E-state index contributed by atoms with van der Waals surface area (Å²) >= 11 is 0. The lowest BCUT2D eigenvalue weighted by atomic mass is 9.95. The van der Waals surface area contributed by atoms with Gasteiger partial charge in [0.1, 0.15) is 11.4 Å². The van der Waals surface area contributed by atoms with Gasteiger partial charge in [0.2, 0.25) is 0 Å². The number of amides is 1. The first kappa shape index (κ1) is 20.2. The van der Waals surface area contributed by atoms with Crippen LogP contribution in [0.15, 0.2) is 48.5 Å². The van der Waals surface area contributed by atoms with Crippen molar-refractivity contribution in [3.63, 3.8) is 0 Å². The molecule has 5 nitrogen and oxygen atoms in total. The zero-order chi connectivity index (χ0) is 21.3. The number of carbonyl (C=O) groups excluding carboxylic acids is 1. The lowest BCUT2D eigenvalue weighted by molar-refractivity contribution is 0.0722. The summed E-state index contributed by atoms with van der Waals surface area (Å²) in [6.45, 7) is 9.82. The van der Waals surface area contributed by atoms with Crippen molar-refractivity contribution in [1.82, 2.24) is 15.1 Å². The Bertz CT molecular complexity index is 1020. The van der Waals surface area contributed by atoms with E-state index in [1.807, 2.05) is 17.0 Å². The zero-order valence-corrected chi connectivity index (χ0v) is 18.1. The summed E-state index contributed by atoms with van der Waals surface area (Å²) < 4.78 is 5.74. The summed E-state index contributed by atoms with van der Waals surface area (Å²) in [5.74, 6) is 1.23. The second-order valence-corrected chi connectivity index (χ2v) is 8.40. The minimum atomic E-state index is -0.162. The Morgan fingerprint density at radius 2 is 1.80 bits per heavy atom. The molecule has 0 aliphatic carbocycles. The number of nitrogens with one attached hydrogen (secondary N) is 1. The van der Waals surface area contributed by atoms with Gasteiger partial charge in [-0.25, -0.2) is 0 Å². The number of H-pyrrole nitrogens is 1. The van der Waals surface area contributed by atoms with Gasteiger partial charge in [-0.2, -0.15) is 5.10 Å². The van der Waals surface area contributed by atoms with Crippen molar-refractivity contribution >= 4 is 5.91 Å². The highest BCUT2D eigenvalue weighted by Crippen LogP contribution is 2.43. The van der Waals surface area contributed by atoms with E-state index < -0.39 is 0 Å². The van der Waals surface area contributed by atoms with E-state index in [1.165, 1.54) is 5.56 Å². The Kier molecular flexibility index (Phi) is 5.62. The number of aromatic amines is 1. The zero-order valence-electron chi connectivity index (χ0n) is 18.1. The van der Waals surface area contributed by atoms with E-state index >= 15 is 0 Å². The maximum absolute atomic E-state index is 13.3. The Morgan fingerprint density at radius 1 is 1.10 bits per heavy atom. The Labute approximate surface area is 178 Å². The molecule has 4 rings (SSSR count). The first-order chi connectivity index (χ1) is 14.5. The molecule has 156 valence electrons. The van der Waals surface area contributed by atoms with Crippen molar-refractivity contribution < 1.29 is 9.53 Å². The SMILES string of the molecule is CCCOc1ccc(C2c3c(-c4ccc(C)cc4)n[nH]c3C(=O)N2CC(C)C)cc1. The van der Waals surface area contributed by atoms with Crippen LogP contribution in [0.25, 0.3) is 11.3 Å². The molecule has 2 aromatic carbocycles. The molecule has 1 atom stereocenters. The topological polar surface area (TPSA) is 58.2 Å². The van der Waals surface area contributed by atoms with E-state index in [9.17, 15) is 4.79 Å². The Hall–Kier alpha value is -3.08. The first-order valence-electron chi connectivity index (χ1n) is 10.7. The van der Waals surface area contributed by atoms with Gasteiger partial charge in [0.25, 0.3) is 5.91 Å². The number of benzene rings is 2. The first-order valence-corrected chi connectivity index (χ1v) is 10.7. The highest BCUT2D eigenvalue weighted by molar-refractivity contribution is 6.00. The lowest BCUT2D eigenvalue weighted by Gasteiger charge is -2.28. The molecule has 5 heteroatoms. The monoisotopic (exact) mass is 403 g/mol. The van der Waals surface area contributed by atoms with Gasteiger partial charge >= 0.3 is 0 Å². The van der Waals surface area contributed by atoms with Crippen molar-refractivity contribution in [3.8, 4) is 17.0 Å². The highest BCUT2D eigenvalue weighted by atomic mass is 16.5. The van der Waals surface area contributed by atoms with Crippen LogP contribution >= 0.6 is 0 Å². The molecular formula is C25H29N3O2. The molecule has 0 radical (unpaired) electrons. The molecule has 2 heterocycles. The van der Waals surface area contributed by atoms with Gasteiger partial charge in [-0.15, -0.1) is 0 Å². The summed E-state index contributed by atoms with van der Waals surface area (Å²) in [7, 11) is 0. The van der Waals surface area contributed by atoms with Gasteiger partial charge in [0.15, 0.2) is 0 Å². The number of nitrogens with zero attached hydrogens (tertiary/aromatic N) is 2. The molecule has 1 N–H and O–H groups in total. The minimum Gasteiger partial charge on any atom is -0.494 e. The second-order valence-electron chi connectivity index (χ2n) is 8.40. The maximum atomic E-state index is 13.3. The average Bonchev–Trinajstić information content (AvgIpc) is 3.27. The van der Waals surface area contributed by atoms with Crippen molar-refractivity contribution in [2.24, 2.45) is 5.92 Å². The third kappa shape index (κ3) is 3.72. The second kappa shape index (κ2) is 8.34. The molecular weight excluding hydrogens is 374 g/mol. The molecule has 0 saturated carbocycles. The molecule has 1 aliphatic heterocycles. The van der Waals surface area contributed by atoms with E-state index in [4.69, 9.17) is 4.74 Å². The van der Waals surface area contributed by atoms with Crippen LogP contribution in [0.5, 0.6) is 5.75 Å². The summed E-state index contributed by atoms with van der Waals surface area (Å²) in [4.78, 5) is 15.2. The normalized spacial score (nSPS) is 15.7. The molecule has 30 heavy (non-hydrogen) atoms. The fourth-order valence-electron chi connectivity index (χ4n) is 4.02. The number of carbonyl (C=O) groups is 1. The number of fused-ring (bicyclic) bond motifs is 1. The van der Waals surface area contributed by atoms with Gasteiger partial charge in [-0.05, 0) is 37.0 Å². The van der Waals surface area contributed by atoms with Crippen molar-refractivity contribution in [2.75, 3.05) is 13.2 Å². The molecule has 3 aromatic rings. The van der Waals surface area contributed by atoms with Crippen LogP contribution in [0.3, 0.4) is 0 Å².